The number of aromatic nitrogens is 4. The molecule has 0 aliphatic carbocycles. The number of hydrogen-bond acceptors (Lipinski definition) is 6. The predicted molar refractivity (Wildman–Crippen MR) is 96.5 cm³/mol. The maximum Gasteiger partial charge on any atom is 0.249 e. The number of carbonyl (C=O) groups is 1. The Bertz CT molecular complexity index is 875. The van der Waals surface area contributed by atoms with Gasteiger partial charge in [0.2, 0.25) is 17.6 Å². The summed E-state index contributed by atoms with van der Waals surface area (Å²) in [6.07, 6.45) is 9.88. The number of hydrogen-bond donors (Lipinski definition) is 1. The largest absolute Gasteiger partial charge is 0.340 e. The highest BCUT2D eigenvalue weighted by Crippen LogP contribution is 2.23. The van der Waals surface area contributed by atoms with Gasteiger partial charge in [-0.15, -0.1) is 0 Å². The molecule has 1 amide bonds. The summed E-state index contributed by atoms with van der Waals surface area (Å²) >= 11 is 0. The smallest absolute Gasteiger partial charge is 0.249 e. The number of nitrogens with zero attached hydrogens (tertiary/aromatic N) is 4. The summed E-state index contributed by atoms with van der Waals surface area (Å²) in [7, 11) is 0. The lowest BCUT2D eigenvalue weighted by atomic mass is 10.0. The maximum atomic E-state index is 12.3. The average Bonchev–Trinajstić information content (AvgIpc) is 3.15. The van der Waals surface area contributed by atoms with Gasteiger partial charge >= 0.3 is 0 Å². The molecule has 26 heavy (non-hydrogen) atoms. The van der Waals surface area contributed by atoms with Crippen LogP contribution in [0.15, 0.2) is 59.7 Å². The second-order valence-corrected chi connectivity index (χ2v) is 6.04. The van der Waals surface area contributed by atoms with E-state index in [1.807, 2.05) is 26.0 Å². The van der Waals surface area contributed by atoms with E-state index >= 15 is 0 Å². The minimum absolute atomic E-state index is 0.0824. The summed E-state index contributed by atoms with van der Waals surface area (Å²) in [4.78, 5) is 24.6. The molecule has 0 fully saturated rings. The monoisotopic (exact) mass is 349 g/mol. The molecule has 0 unspecified atom stereocenters. The lowest BCUT2D eigenvalue weighted by Gasteiger charge is -2.17. The summed E-state index contributed by atoms with van der Waals surface area (Å²) in [5, 5.41) is 6.92. The number of rotatable bonds is 6. The summed E-state index contributed by atoms with van der Waals surface area (Å²) in [6, 6.07) is 6.86. The van der Waals surface area contributed by atoms with E-state index in [0.29, 0.717) is 11.7 Å². The molecule has 0 spiro atoms. The molecule has 3 heterocycles. The van der Waals surface area contributed by atoms with Gasteiger partial charge in [-0.25, -0.2) is 0 Å². The summed E-state index contributed by atoms with van der Waals surface area (Å²) in [6.45, 7) is 3.96. The molecule has 0 aromatic carbocycles. The molecule has 7 heteroatoms. The van der Waals surface area contributed by atoms with E-state index < -0.39 is 0 Å². The van der Waals surface area contributed by atoms with Crippen LogP contribution >= 0.6 is 0 Å². The Morgan fingerprint density at radius 2 is 1.73 bits per heavy atom. The molecule has 0 radical (unpaired) electrons. The van der Waals surface area contributed by atoms with Crippen molar-refractivity contribution in [3.63, 3.8) is 0 Å². The van der Waals surface area contributed by atoms with Crippen molar-refractivity contribution in [3.05, 3.63) is 66.6 Å². The van der Waals surface area contributed by atoms with E-state index in [4.69, 9.17) is 4.52 Å². The fourth-order valence-corrected chi connectivity index (χ4v) is 2.34. The highest BCUT2D eigenvalue weighted by Gasteiger charge is 2.24. The molecule has 3 aromatic rings. The van der Waals surface area contributed by atoms with Crippen LogP contribution in [-0.2, 0) is 4.79 Å². The summed E-state index contributed by atoms with van der Waals surface area (Å²) in [5.74, 6) is 0.690. The zero-order valence-corrected chi connectivity index (χ0v) is 14.5. The topological polar surface area (TPSA) is 93.8 Å². The highest BCUT2D eigenvalue weighted by atomic mass is 16.5. The first-order valence-electron chi connectivity index (χ1n) is 8.26. The molecule has 7 nitrogen and oxygen atoms in total. The average molecular weight is 349 g/mol. The predicted octanol–water partition coefficient (Wildman–Crippen LogP) is 3.05. The van der Waals surface area contributed by atoms with Crippen molar-refractivity contribution in [2.45, 2.75) is 19.9 Å². The Hall–Kier alpha value is -3.35. The Morgan fingerprint density at radius 3 is 2.38 bits per heavy atom. The molecule has 1 N–H and O–H groups in total. The third-order valence-corrected chi connectivity index (χ3v) is 3.74. The van der Waals surface area contributed by atoms with E-state index in [2.05, 4.69) is 25.4 Å². The van der Waals surface area contributed by atoms with Crippen LogP contribution in [0.1, 0.15) is 31.3 Å². The molecular formula is C19H19N5O2. The van der Waals surface area contributed by atoms with Crippen molar-refractivity contribution >= 4 is 12.0 Å². The van der Waals surface area contributed by atoms with Gasteiger partial charge < -0.3 is 9.84 Å². The molecule has 0 saturated heterocycles. The Balaban J connectivity index is 1.72. The van der Waals surface area contributed by atoms with Gasteiger partial charge in [0, 0.05) is 36.4 Å². The van der Waals surface area contributed by atoms with E-state index in [1.54, 1.807) is 43.0 Å². The minimum atomic E-state index is -0.382. The first-order chi connectivity index (χ1) is 12.6. The molecular weight excluding hydrogens is 330 g/mol. The molecule has 0 aliphatic rings. The number of amides is 1. The van der Waals surface area contributed by atoms with Crippen molar-refractivity contribution in [1.82, 2.24) is 25.4 Å². The Morgan fingerprint density at radius 1 is 1.08 bits per heavy atom. The molecule has 132 valence electrons. The Kier molecular flexibility index (Phi) is 5.48. The summed E-state index contributed by atoms with van der Waals surface area (Å²) in [5.41, 5.74) is 1.70. The Labute approximate surface area is 151 Å². The first-order valence-corrected chi connectivity index (χ1v) is 8.26. The lowest BCUT2D eigenvalue weighted by Crippen LogP contribution is -2.30. The molecule has 3 aromatic heterocycles. The highest BCUT2D eigenvalue weighted by molar-refractivity contribution is 5.91. The SMILES string of the molecule is CC(C)[C@H](NC(=O)/C=C\c1ccncc1)c1nc(-c2ccncc2)no1. The van der Waals surface area contributed by atoms with Crippen molar-refractivity contribution < 1.29 is 9.32 Å². The molecule has 1 atom stereocenters. The van der Waals surface area contributed by atoms with Gasteiger partial charge in [0.15, 0.2) is 0 Å². The third kappa shape index (κ3) is 4.38. The molecule has 0 saturated carbocycles. The third-order valence-electron chi connectivity index (χ3n) is 3.74. The quantitative estimate of drug-likeness (QED) is 0.687. The normalized spacial score (nSPS) is 12.4. The first kappa shape index (κ1) is 17.5. The van der Waals surface area contributed by atoms with Gasteiger partial charge in [-0.2, -0.15) is 4.98 Å². The van der Waals surface area contributed by atoms with Crippen molar-refractivity contribution in [2.24, 2.45) is 5.92 Å². The van der Waals surface area contributed by atoms with Gasteiger partial charge in [0.05, 0.1) is 0 Å². The van der Waals surface area contributed by atoms with Crippen molar-refractivity contribution in [3.8, 4) is 11.4 Å². The van der Waals surface area contributed by atoms with E-state index in [-0.39, 0.29) is 17.9 Å². The number of pyridine rings is 2. The van der Waals surface area contributed by atoms with Crippen LogP contribution in [0, 0.1) is 5.92 Å². The molecule has 0 aliphatic heterocycles. The van der Waals surface area contributed by atoms with Gasteiger partial charge in [-0.3, -0.25) is 14.8 Å². The van der Waals surface area contributed by atoms with Gasteiger partial charge in [-0.1, -0.05) is 19.0 Å². The maximum absolute atomic E-state index is 12.3. The zero-order valence-electron chi connectivity index (χ0n) is 14.5. The standard InChI is InChI=1S/C19H19N5O2/c1-13(2)17(22-16(25)4-3-14-5-9-20-10-6-14)19-23-18(24-26-19)15-7-11-21-12-8-15/h3-13,17H,1-2H3,(H,22,25)/b4-3-/t17-/m0/s1. The second-order valence-electron chi connectivity index (χ2n) is 6.04. The van der Waals surface area contributed by atoms with Gasteiger partial charge in [0.1, 0.15) is 6.04 Å². The fraction of sp³-hybridized carbons (Fsp3) is 0.211. The number of carbonyl (C=O) groups excluding carboxylic acids is 1. The number of nitrogens with one attached hydrogen (secondary N) is 1. The zero-order chi connectivity index (χ0) is 18.4. The van der Waals surface area contributed by atoms with Gasteiger partial charge in [0.25, 0.3) is 0 Å². The fourth-order valence-electron chi connectivity index (χ4n) is 2.34. The van der Waals surface area contributed by atoms with Crippen LogP contribution in [0.2, 0.25) is 0 Å². The van der Waals surface area contributed by atoms with Crippen LogP contribution < -0.4 is 5.32 Å². The van der Waals surface area contributed by atoms with E-state index in [1.165, 1.54) is 6.08 Å². The molecule has 3 rings (SSSR count). The van der Waals surface area contributed by atoms with Crippen LogP contribution in [0.4, 0.5) is 0 Å². The van der Waals surface area contributed by atoms with E-state index in [9.17, 15) is 4.79 Å². The van der Waals surface area contributed by atoms with Crippen LogP contribution in [0.3, 0.4) is 0 Å². The minimum Gasteiger partial charge on any atom is -0.340 e. The second kappa shape index (κ2) is 8.15. The van der Waals surface area contributed by atoms with Gasteiger partial charge in [-0.05, 0) is 41.8 Å². The van der Waals surface area contributed by atoms with Crippen LogP contribution in [0.5, 0.6) is 0 Å². The van der Waals surface area contributed by atoms with E-state index in [0.717, 1.165) is 11.1 Å². The molecule has 0 bridgehead atoms. The summed E-state index contributed by atoms with van der Waals surface area (Å²) < 4.78 is 5.38. The lowest BCUT2D eigenvalue weighted by molar-refractivity contribution is -0.117. The van der Waals surface area contributed by atoms with Crippen LogP contribution in [0.25, 0.3) is 17.5 Å². The van der Waals surface area contributed by atoms with Crippen LogP contribution in [-0.4, -0.2) is 26.0 Å². The van der Waals surface area contributed by atoms with Crippen molar-refractivity contribution in [1.29, 1.82) is 0 Å². The van der Waals surface area contributed by atoms with Crippen molar-refractivity contribution in [2.75, 3.05) is 0 Å².